The monoisotopic (exact) mass is 260 g/mol. The zero-order valence-corrected chi connectivity index (χ0v) is 10.3. The van der Waals surface area contributed by atoms with Crippen LogP contribution in [-0.2, 0) is 11.3 Å². The minimum atomic E-state index is -0.0344. The van der Waals surface area contributed by atoms with E-state index in [2.05, 4.69) is 5.32 Å². The van der Waals surface area contributed by atoms with Crippen LogP contribution in [0.3, 0.4) is 0 Å². The third-order valence-corrected chi connectivity index (χ3v) is 3.57. The number of morpholine rings is 1. The predicted octanol–water partition coefficient (Wildman–Crippen LogP) is 1.94. The number of hydrogen-bond acceptors (Lipinski definition) is 3. The number of thiophene rings is 1. The summed E-state index contributed by atoms with van der Waals surface area (Å²) in [4.78, 5) is 14.5. The molecule has 0 radical (unpaired) electrons. The summed E-state index contributed by atoms with van der Waals surface area (Å²) in [6.07, 6.45) is 0. The highest BCUT2D eigenvalue weighted by molar-refractivity contribution is 7.16. The van der Waals surface area contributed by atoms with Gasteiger partial charge in [-0.15, -0.1) is 11.3 Å². The van der Waals surface area contributed by atoms with Gasteiger partial charge in [0.15, 0.2) is 0 Å². The van der Waals surface area contributed by atoms with Gasteiger partial charge >= 0.3 is 6.03 Å². The van der Waals surface area contributed by atoms with Crippen molar-refractivity contribution >= 4 is 29.0 Å². The van der Waals surface area contributed by atoms with E-state index in [1.165, 1.54) is 11.3 Å². The van der Waals surface area contributed by atoms with Crippen molar-refractivity contribution in [3.63, 3.8) is 0 Å². The highest BCUT2D eigenvalue weighted by atomic mass is 35.5. The molecule has 0 aliphatic carbocycles. The van der Waals surface area contributed by atoms with Crippen molar-refractivity contribution in [3.8, 4) is 0 Å². The number of nitrogens with one attached hydrogen (secondary N) is 1. The average Bonchev–Trinajstić information content (AvgIpc) is 2.73. The molecule has 0 spiro atoms. The second-order valence-corrected chi connectivity index (χ2v) is 5.26. The predicted molar refractivity (Wildman–Crippen MR) is 64.0 cm³/mol. The average molecular weight is 261 g/mol. The maximum Gasteiger partial charge on any atom is 0.317 e. The number of hydrogen-bond donors (Lipinski definition) is 1. The molecule has 0 atom stereocenters. The molecule has 0 aromatic carbocycles. The molecule has 2 amide bonds. The van der Waals surface area contributed by atoms with E-state index >= 15 is 0 Å². The molecule has 0 saturated carbocycles. The van der Waals surface area contributed by atoms with Gasteiger partial charge in [-0.25, -0.2) is 4.79 Å². The van der Waals surface area contributed by atoms with E-state index < -0.39 is 0 Å². The lowest BCUT2D eigenvalue weighted by Gasteiger charge is -2.26. The van der Waals surface area contributed by atoms with E-state index in [-0.39, 0.29) is 6.03 Å². The third-order valence-electron chi connectivity index (χ3n) is 2.34. The first-order valence-electron chi connectivity index (χ1n) is 5.10. The Morgan fingerprint density at radius 3 is 2.88 bits per heavy atom. The van der Waals surface area contributed by atoms with Crippen molar-refractivity contribution in [2.24, 2.45) is 0 Å². The van der Waals surface area contributed by atoms with E-state index in [4.69, 9.17) is 16.3 Å². The molecule has 1 N–H and O–H groups in total. The molecular formula is C10H13ClN2O2S. The van der Waals surface area contributed by atoms with Crippen molar-refractivity contribution < 1.29 is 9.53 Å². The topological polar surface area (TPSA) is 41.6 Å². The molecule has 16 heavy (non-hydrogen) atoms. The maximum atomic E-state index is 11.7. The number of amides is 2. The molecule has 2 heterocycles. The Hall–Kier alpha value is -0.780. The van der Waals surface area contributed by atoms with Gasteiger partial charge < -0.3 is 15.0 Å². The number of rotatable bonds is 2. The summed E-state index contributed by atoms with van der Waals surface area (Å²) in [5.74, 6) is 0. The molecule has 1 aromatic rings. The molecule has 0 unspecified atom stereocenters. The fourth-order valence-corrected chi connectivity index (χ4v) is 2.51. The lowest BCUT2D eigenvalue weighted by molar-refractivity contribution is 0.0531. The van der Waals surface area contributed by atoms with Crippen molar-refractivity contribution in [3.05, 3.63) is 21.3 Å². The number of halogens is 1. The first-order chi connectivity index (χ1) is 7.75. The van der Waals surface area contributed by atoms with Crippen LogP contribution in [0.2, 0.25) is 4.34 Å². The van der Waals surface area contributed by atoms with Gasteiger partial charge in [-0.2, -0.15) is 0 Å². The summed E-state index contributed by atoms with van der Waals surface area (Å²) in [5, 5.41) is 2.87. The summed E-state index contributed by atoms with van der Waals surface area (Å²) in [6.45, 7) is 3.11. The van der Waals surface area contributed by atoms with Crippen molar-refractivity contribution in [1.82, 2.24) is 10.2 Å². The van der Waals surface area contributed by atoms with Crippen molar-refractivity contribution in [2.75, 3.05) is 26.3 Å². The molecule has 1 aliphatic heterocycles. The molecule has 1 fully saturated rings. The summed E-state index contributed by atoms with van der Waals surface area (Å²) >= 11 is 7.29. The normalized spacial score (nSPS) is 16.2. The van der Waals surface area contributed by atoms with Crippen LogP contribution < -0.4 is 5.32 Å². The van der Waals surface area contributed by atoms with Gasteiger partial charge in [-0.3, -0.25) is 0 Å². The van der Waals surface area contributed by atoms with Crippen molar-refractivity contribution in [1.29, 1.82) is 0 Å². The van der Waals surface area contributed by atoms with Gasteiger partial charge in [-0.05, 0) is 12.1 Å². The maximum absolute atomic E-state index is 11.7. The number of urea groups is 1. The van der Waals surface area contributed by atoms with Gasteiger partial charge in [0.2, 0.25) is 0 Å². The Morgan fingerprint density at radius 1 is 1.50 bits per heavy atom. The zero-order chi connectivity index (χ0) is 11.4. The molecule has 6 heteroatoms. The molecule has 2 rings (SSSR count). The molecule has 88 valence electrons. The number of carbonyl (C=O) groups is 1. The molecule has 0 bridgehead atoms. The lowest BCUT2D eigenvalue weighted by atomic mass is 10.4. The standard InChI is InChI=1S/C10H13ClN2O2S/c11-9-2-1-8(16-9)7-12-10(14)13-3-5-15-6-4-13/h1-2H,3-7H2,(H,12,14). The summed E-state index contributed by atoms with van der Waals surface area (Å²) in [7, 11) is 0. The van der Waals surface area contributed by atoms with Crippen LogP contribution in [0.25, 0.3) is 0 Å². The first kappa shape index (κ1) is 11.7. The van der Waals surface area contributed by atoms with E-state index in [1.54, 1.807) is 4.90 Å². The van der Waals surface area contributed by atoms with Crippen LogP contribution >= 0.6 is 22.9 Å². The highest BCUT2D eigenvalue weighted by Gasteiger charge is 2.16. The molecule has 4 nitrogen and oxygen atoms in total. The van der Waals surface area contributed by atoms with E-state index in [9.17, 15) is 4.79 Å². The number of nitrogens with zero attached hydrogens (tertiary/aromatic N) is 1. The minimum absolute atomic E-state index is 0.0344. The van der Waals surface area contributed by atoms with E-state index in [0.717, 1.165) is 9.21 Å². The Labute approximate surface area is 103 Å². The van der Waals surface area contributed by atoms with E-state index in [0.29, 0.717) is 32.8 Å². The lowest BCUT2D eigenvalue weighted by Crippen LogP contribution is -2.45. The van der Waals surface area contributed by atoms with Gasteiger partial charge in [0.25, 0.3) is 0 Å². The molecule has 1 aliphatic rings. The van der Waals surface area contributed by atoms with Gasteiger partial charge in [0.1, 0.15) is 0 Å². The Morgan fingerprint density at radius 2 is 2.25 bits per heavy atom. The summed E-state index contributed by atoms with van der Waals surface area (Å²) in [6, 6.07) is 3.72. The Kier molecular flexibility index (Phi) is 4.04. The minimum Gasteiger partial charge on any atom is -0.378 e. The third kappa shape index (κ3) is 3.10. The fourth-order valence-electron chi connectivity index (χ4n) is 1.49. The molecule has 1 saturated heterocycles. The number of carbonyl (C=O) groups excluding carboxylic acids is 1. The van der Waals surface area contributed by atoms with Crippen LogP contribution in [0.15, 0.2) is 12.1 Å². The van der Waals surface area contributed by atoms with E-state index in [1.807, 2.05) is 12.1 Å². The number of ether oxygens (including phenoxy) is 1. The second-order valence-electron chi connectivity index (χ2n) is 3.46. The molecule has 1 aromatic heterocycles. The van der Waals surface area contributed by atoms with Crippen LogP contribution in [0.1, 0.15) is 4.88 Å². The van der Waals surface area contributed by atoms with Gasteiger partial charge in [-0.1, -0.05) is 11.6 Å². The fraction of sp³-hybridized carbons (Fsp3) is 0.500. The quantitative estimate of drug-likeness (QED) is 0.883. The van der Waals surface area contributed by atoms with Crippen LogP contribution in [-0.4, -0.2) is 37.2 Å². The van der Waals surface area contributed by atoms with Crippen LogP contribution in [0, 0.1) is 0 Å². The summed E-state index contributed by atoms with van der Waals surface area (Å²) in [5.41, 5.74) is 0. The Balaban J connectivity index is 1.78. The van der Waals surface area contributed by atoms with Gasteiger partial charge in [0.05, 0.1) is 24.1 Å². The first-order valence-corrected chi connectivity index (χ1v) is 6.30. The van der Waals surface area contributed by atoms with Crippen LogP contribution in [0.5, 0.6) is 0 Å². The second kappa shape index (κ2) is 5.52. The van der Waals surface area contributed by atoms with Gasteiger partial charge in [0, 0.05) is 18.0 Å². The van der Waals surface area contributed by atoms with Crippen LogP contribution in [0.4, 0.5) is 4.79 Å². The smallest absolute Gasteiger partial charge is 0.317 e. The molecular weight excluding hydrogens is 248 g/mol. The Bertz CT molecular complexity index is 363. The summed E-state index contributed by atoms with van der Waals surface area (Å²) < 4.78 is 5.92. The van der Waals surface area contributed by atoms with Crippen molar-refractivity contribution in [2.45, 2.75) is 6.54 Å². The highest BCUT2D eigenvalue weighted by Crippen LogP contribution is 2.21. The zero-order valence-electron chi connectivity index (χ0n) is 8.74. The SMILES string of the molecule is O=C(NCc1ccc(Cl)s1)N1CCOCC1. The largest absolute Gasteiger partial charge is 0.378 e.